The molecule has 0 amide bonds. The first-order chi connectivity index (χ1) is 8.31. The Morgan fingerprint density at radius 2 is 1.65 bits per heavy atom. The minimum Gasteiger partial charge on any atom is -0.298 e. The second kappa shape index (κ2) is 5.97. The summed E-state index contributed by atoms with van der Waals surface area (Å²) in [4.78, 5) is 13.2. The highest BCUT2D eigenvalue weighted by Crippen LogP contribution is 2.23. The Labute approximate surface area is 104 Å². The molecule has 2 nitrogen and oxygen atoms in total. The Morgan fingerprint density at radius 3 is 2.18 bits per heavy atom. The van der Waals surface area contributed by atoms with E-state index in [1.807, 2.05) is 12.1 Å². The fraction of sp³-hybridized carbons (Fsp3) is 0.533. The van der Waals surface area contributed by atoms with Gasteiger partial charge in [0.15, 0.2) is 0 Å². The third-order valence-corrected chi connectivity index (χ3v) is 3.74. The van der Waals surface area contributed by atoms with E-state index < -0.39 is 0 Å². The molecule has 1 aliphatic rings. The molecule has 1 unspecified atom stereocenters. The van der Waals surface area contributed by atoms with Crippen LogP contribution in [0.25, 0.3) is 0 Å². The SMILES string of the molecule is CC(c1ccc(C=O)cc1)N1CCCCCC1. The molecular formula is C15H21NO. The lowest BCUT2D eigenvalue weighted by Gasteiger charge is -2.27. The Bertz CT molecular complexity index is 350. The number of hydrogen-bond donors (Lipinski definition) is 0. The minimum atomic E-state index is 0.466. The van der Waals surface area contributed by atoms with Gasteiger partial charge in [0.2, 0.25) is 0 Å². The number of rotatable bonds is 3. The molecule has 2 rings (SSSR count). The smallest absolute Gasteiger partial charge is 0.150 e. The van der Waals surface area contributed by atoms with E-state index in [0.717, 1.165) is 11.8 Å². The van der Waals surface area contributed by atoms with E-state index in [4.69, 9.17) is 0 Å². The molecule has 0 spiro atoms. The molecule has 0 aromatic heterocycles. The predicted octanol–water partition coefficient (Wildman–Crippen LogP) is 3.44. The van der Waals surface area contributed by atoms with Gasteiger partial charge in [0.25, 0.3) is 0 Å². The van der Waals surface area contributed by atoms with Crippen LogP contribution in [-0.4, -0.2) is 24.3 Å². The van der Waals surface area contributed by atoms with Gasteiger partial charge in [-0.15, -0.1) is 0 Å². The van der Waals surface area contributed by atoms with Gasteiger partial charge < -0.3 is 0 Å². The van der Waals surface area contributed by atoms with Crippen LogP contribution < -0.4 is 0 Å². The Kier molecular flexibility index (Phi) is 4.32. The number of hydrogen-bond acceptors (Lipinski definition) is 2. The summed E-state index contributed by atoms with van der Waals surface area (Å²) in [5, 5.41) is 0. The van der Waals surface area contributed by atoms with Gasteiger partial charge in [0.05, 0.1) is 0 Å². The van der Waals surface area contributed by atoms with Crippen molar-refractivity contribution in [2.45, 2.75) is 38.6 Å². The molecule has 1 aliphatic heterocycles. The van der Waals surface area contributed by atoms with Gasteiger partial charge in [-0.05, 0) is 38.4 Å². The zero-order chi connectivity index (χ0) is 12.1. The zero-order valence-electron chi connectivity index (χ0n) is 10.6. The lowest BCUT2D eigenvalue weighted by Crippen LogP contribution is -2.27. The van der Waals surface area contributed by atoms with Crippen LogP contribution in [-0.2, 0) is 0 Å². The summed E-state index contributed by atoms with van der Waals surface area (Å²) in [6.45, 7) is 4.68. The summed E-state index contributed by atoms with van der Waals surface area (Å²) in [6.07, 6.45) is 6.27. The Hall–Kier alpha value is -1.15. The second-order valence-corrected chi connectivity index (χ2v) is 4.91. The molecule has 1 aromatic carbocycles. The Morgan fingerprint density at radius 1 is 1.06 bits per heavy atom. The van der Waals surface area contributed by atoms with Crippen molar-refractivity contribution >= 4 is 6.29 Å². The first-order valence-electron chi connectivity index (χ1n) is 6.60. The number of carbonyl (C=O) groups is 1. The molecule has 1 atom stereocenters. The molecular weight excluding hydrogens is 210 g/mol. The van der Waals surface area contributed by atoms with Crippen LogP contribution in [0.4, 0.5) is 0 Å². The van der Waals surface area contributed by atoms with Crippen molar-refractivity contribution in [3.63, 3.8) is 0 Å². The molecule has 0 saturated carbocycles. The average molecular weight is 231 g/mol. The monoisotopic (exact) mass is 231 g/mol. The summed E-state index contributed by atoms with van der Waals surface area (Å²) in [6, 6.07) is 8.46. The van der Waals surface area contributed by atoms with Crippen LogP contribution in [0.1, 0.15) is 54.6 Å². The van der Waals surface area contributed by atoms with Crippen LogP contribution in [0.2, 0.25) is 0 Å². The van der Waals surface area contributed by atoms with E-state index in [2.05, 4.69) is 24.0 Å². The quantitative estimate of drug-likeness (QED) is 0.743. The van der Waals surface area contributed by atoms with Gasteiger partial charge in [-0.2, -0.15) is 0 Å². The topological polar surface area (TPSA) is 20.3 Å². The van der Waals surface area contributed by atoms with Crippen LogP contribution in [0.15, 0.2) is 24.3 Å². The highest BCUT2D eigenvalue weighted by atomic mass is 16.1. The highest BCUT2D eigenvalue weighted by Gasteiger charge is 2.16. The van der Waals surface area contributed by atoms with Gasteiger partial charge in [0.1, 0.15) is 6.29 Å². The van der Waals surface area contributed by atoms with Crippen LogP contribution in [0, 0.1) is 0 Å². The molecule has 1 aromatic rings. The third-order valence-electron chi connectivity index (χ3n) is 3.74. The standard InChI is InChI=1S/C15H21NO/c1-13(16-10-4-2-3-5-11-16)15-8-6-14(12-17)7-9-15/h6-9,12-13H,2-5,10-11H2,1H3. The molecule has 0 N–H and O–H groups in total. The molecule has 1 heterocycles. The van der Waals surface area contributed by atoms with Crippen molar-refractivity contribution in [1.82, 2.24) is 4.90 Å². The molecule has 17 heavy (non-hydrogen) atoms. The summed E-state index contributed by atoms with van der Waals surface area (Å²) >= 11 is 0. The van der Waals surface area contributed by atoms with Crippen LogP contribution in [0.3, 0.4) is 0 Å². The summed E-state index contributed by atoms with van der Waals surface area (Å²) in [5.74, 6) is 0. The normalized spacial score (nSPS) is 19.6. The first kappa shape index (κ1) is 12.3. The van der Waals surface area contributed by atoms with E-state index >= 15 is 0 Å². The highest BCUT2D eigenvalue weighted by molar-refractivity contribution is 5.74. The number of benzene rings is 1. The molecule has 2 heteroatoms. The van der Waals surface area contributed by atoms with Crippen molar-refractivity contribution in [2.24, 2.45) is 0 Å². The summed E-state index contributed by atoms with van der Waals surface area (Å²) in [7, 11) is 0. The van der Waals surface area contributed by atoms with Gasteiger partial charge in [-0.25, -0.2) is 0 Å². The molecule has 0 radical (unpaired) electrons. The molecule has 92 valence electrons. The number of nitrogens with zero attached hydrogens (tertiary/aromatic N) is 1. The Balaban J connectivity index is 2.06. The number of carbonyl (C=O) groups excluding carboxylic acids is 1. The van der Waals surface area contributed by atoms with Crippen molar-refractivity contribution in [3.05, 3.63) is 35.4 Å². The van der Waals surface area contributed by atoms with Crippen molar-refractivity contribution in [2.75, 3.05) is 13.1 Å². The maximum Gasteiger partial charge on any atom is 0.150 e. The predicted molar refractivity (Wildman–Crippen MR) is 70.3 cm³/mol. The van der Waals surface area contributed by atoms with Gasteiger partial charge in [-0.3, -0.25) is 9.69 Å². The van der Waals surface area contributed by atoms with Gasteiger partial charge >= 0.3 is 0 Å². The second-order valence-electron chi connectivity index (χ2n) is 4.91. The molecule has 0 aliphatic carbocycles. The van der Waals surface area contributed by atoms with E-state index in [1.54, 1.807) is 0 Å². The maximum atomic E-state index is 10.6. The van der Waals surface area contributed by atoms with Gasteiger partial charge in [-0.1, -0.05) is 37.1 Å². The fourth-order valence-electron chi connectivity index (χ4n) is 2.55. The van der Waals surface area contributed by atoms with Crippen molar-refractivity contribution in [3.8, 4) is 0 Å². The molecule has 1 fully saturated rings. The lowest BCUT2D eigenvalue weighted by molar-refractivity contribution is 0.112. The van der Waals surface area contributed by atoms with E-state index in [1.165, 1.54) is 44.3 Å². The van der Waals surface area contributed by atoms with Crippen molar-refractivity contribution in [1.29, 1.82) is 0 Å². The van der Waals surface area contributed by atoms with E-state index in [-0.39, 0.29) is 0 Å². The van der Waals surface area contributed by atoms with Crippen LogP contribution >= 0.6 is 0 Å². The maximum absolute atomic E-state index is 10.6. The summed E-state index contributed by atoms with van der Waals surface area (Å²) < 4.78 is 0. The van der Waals surface area contributed by atoms with Crippen LogP contribution in [0.5, 0.6) is 0 Å². The first-order valence-corrected chi connectivity index (χ1v) is 6.60. The van der Waals surface area contributed by atoms with Gasteiger partial charge in [0, 0.05) is 11.6 Å². The van der Waals surface area contributed by atoms with Crippen molar-refractivity contribution < 1.29 is 4.79 Å². The number of likely N-dealkylation sites (tertiary alicyclic amines) is 1. The van der Waals surface area contributed by atoms with E-state index in [9.17, 15) is 4.79 Å². The fourth-order valence-corrected chi connectivity index (χ4v) is 2.55. The molecule has 1 saturated heterocycles. The largest absolute Gasteiger partial charge is 0.298 e. The zero-order valence-corrected chi connectivity index (χ0v) is 10.6. The average Bonchev–Trinajstić information content (AvgIpc) is 2.67. The third kappa shape index (κ3) is 3.16. The molecule has 0 bridgehead atoms. The van der Waals surface area contributed by atoms with E-state index in [0.29, 0.717) is 6.04 Å². The number of aldehydes is 1. The minimum absolute atomic E-state index is 0.466. The lowest BCUT2D eigenvalue weighted by atomic mass is 10.0. The summed E-state index contributed by atoms with van der Waals surface area (Å²) in [5.41, 5.74) is 2.08.